The van der Waals surface area contributed by atoms with Gasteiger partial charge >= 0.3 is 6.09 Å². The van der Waals surface area contributed by atoms with Crippen LogP contribution in [0.4, 0.5) is 18.0 Å². The van der Waals surface area contributed by atoms with Gasteiger partial charge in [0, 0.05) is 69.1 Å². The number of halogens is 3. The molecule has 0 unspecified atom stereocenters. The minimum absolute atomic E-state index is 0.0384. The second-order valence-corrected chi connectivity index (χ2v) is 14.0. The van der Waals surface area contributed by atoms with Crippen LogP contribution in [0.5, 0.6) is 0 Å². The first kappa shape index (κ1) is 39.6. The summed E-state index contributed by atoms with van der Waals surface area (Å²) in [7, 11) is 0. The number of ether oxygens (including phenoxy) is 2. The number of imidazole rings is 1. The van der Waals surface area contributed by atoms with Gasteiger partial charge in [-0.25, -0.2) is 22.9 Å². The molecule has 6 rings (SSSR count). The molecule has 4 heterocycles. The number of carbonyl (C=O) groups excluding carboxylic acids is 4. The Bertz CT molecular complexity index is 1850. The Hall–Kier alpha value is -5.06. The van der Waals surface area contributed by atoms with Crippen molar-refractivity contribution < 1.29 is 46.9 Å². The number of benzene rings is 2. The molecule has 1 aromatic heterocycles. The highest BCUT2D eigenvalue weighted by Crippen LogP contribution is 2.39. The van der Waals surface area contributed by atoms with Crippen LogP contribution < -0.4 is 5.32 Å². The van der Waals surface area contributed by atoms with Crippen LogP contribution >= 0.6 is 0 Å². The zero-order chi connectivity index (χ0) is 39.1. The summed E-state index contributed by atoms with van der Waals surface area (Å²) in [6, 6.07) is 11.7. The number of aliphatic hydroxyl groups excluding tert-OH is 1. The van der Waals surface area contributed by atoms with E-state index in [2.05, 4.69) is 5.32 Å². The molecule has 3 aromatic rings. The zero-order valence-corrected chi connectivity index (χ0v) is 30.5. The van der Waals surface area contributed by atoms with E-state index in [9.17, 15) is 28.7 Å². The Kier molecular flexibility index (Phi) is 13.0. The number of hydrogen-bond donors (Lipinski definition) is 2. The number of carbonyl (C=O) groups is 4. The third kappa shape index (κ3) is 9.61. The number of rotatable bonds is 15. The van der Waals surface area contributed by atoms with Crippen molar-refractivity contribution >= 4 is 23.8 Å². The molecule has 0 radical (unpaired) electrons. The number of likely N-dealkylation sites (tertiary alicyclic amines) is 1. The molecule has 16 heteroatoms. The zero-order valence-electron chi connectivity index (χ0n) is 30.5. The normalized spacial score (nSPS) is 19.9. The fourth-order valence-electron chi connectivity index (χ4n) is 7.30. The van der Waals surface area contributed by atoms with Crippen molar-refractivity contribution in [2.24, 2.45) is 11.8 Å². The van der Waals surface area contributed by atoms with Gasteiger partial charge in [0.1, 0.15) is 36.3 Å². The number of aromatic nitrogens is 2. The summed E-state index contributed by atoms with van der Waals surface area (Å²) in [6.07, 6.45) is 1.48. The fourth-order valence-corrected chi connectivity index (χ4v) is 7.30. The summed E-state index contributed by atoms with van der Waals surface area (Å²) < 4.78 is 57.4. The van der Waals surface area contributed by atoms with Crippen LogP contribution in [-0.4, -0.2) is 125 Å². The van der Waals surface area contributed by atoms with Crippen molar-refractivity contribution in [3.05, 3.63) is 89.9 Å². The van der Waals surface area contributed by atoms with Gasteiger partial charge in [-0.3, -0.25) is 19.3 Å². The molecule has 3 aliphatic rings. The van der Waals surface area contributed by atoms with Gasteiger partial charge in [-0.2, -0.15) is 0 Å². The van der Waals surface area contributed by atoms with Gasteiger partial charge in [0.2, 0.25) is 0 Å². The smallest absolute Gasteiger partial charge is 0.409 e. The SMILES string of the molecule is C[C@H](O)C(=O)N(C[C@@H]1CNC[C@@H]1F)[C@@H](c1nc(-c2cc(F)ccc2F)cn1Cc1ccccc1)C1CCN(C(=O)OCCOCCN2C(=O)C=CC2=O)CC1. The molecule has 2 saturated heterocycles. The van der Waals surface area contributed by atoms with Gasteiger partial charge in [0.25, 0.3) is 17.7 Å². The third-order valence-electron chi connectivity index (χ3n) is 10.2. The number of imide groups is 1. The monoisotopic (exact) mass is 766 g/mol. The summed E-state index contributed by atoms with van der Waals surface area (Å²) in [5.41, 5.74) is 0.947. The molecule has 2 fully saturated rings. The van der Waals surface area contributed by atoms with Gasteiger partial charge in [0.05, 0.1) is 31.5 Å². The molecule has 0 spiro atoms. The molecule has 4 amide bonds. The van der Waals surface area contributed by atoms with Gasteiger partial charge < -0.3 is 34.3 Å². The van der Waals surface area contributed by atoms with Crippen molar-refractivity contribution in [2.75, 3.05) is 59.1 Å². The molecule has 0 bridgehead atoms. The van der Waals surface area contributed by atoms with Gasteiger partial charge in [-0.05, 0) is 49.4 Å². The maximum absolute atomic E-state index is 15.2. The first-order valence-corrected chi connectivity index (χ1v) is 18.4. The van der Waals surface area contributed by atoms with Gasteiger partial charge in [0.15, 0.2) is 0 Å². The molecule has 55 heavy (non-hydrogen) atoms. The number of alkyl halides is 1. The molecular weight excluding hydrogens is 721 g/mol. The number of nitrogens with one attached hydrogen (secondary N) is 1. The lowest BCUT2D eigenvalue weighted by atomic mass is 9.86. The Balaban J connectivity index is 1.23. The molecular formula is C39H45F3N6O7. The van der Waals surface area contributed by atoms with Crippen LogP contribution in [0.1, 0.15) is 37.2 Å². The van der Waals surface area contributed by atoms with Crippen LogP contribution in [0.15, 0.2) is 66.9 Å². The number of amides is 4. The van der Waals surface area contributed by atoms with E-state index >= 15 is 8.78 Å². The summed E-state index contributed by atoms with van der Waals surface area (Å²) in [5, 5.41) is 13.7. The highest BCUT2D eigenvalue weighted by molar-refractivity contribution is 6.12. The lowest BCUT2D eigenvalue weighted by Crippen LogP contribution is -2.50. The first-order chi connectivity index (χ1) is 26.5. The fraction of sp³-hybridized carbons (Fsp3) is 0.462. The summed E-state index contributed by atoms with van der Waals surface area (Å²) in [6.45, 7) is 2.64. The first-order valence-electron chi connectivity index (χ1n) is 18.4. The Morgan fingerprint density at radius 1 is 1.02 bits per heavy atom. The summed E-state index contributed by atoms with van der Waals surface area (Å²) in [5.74, 6) is -3.37. The average molecular weight is 767 g/mol. The summed E-state index contributed by atoms with van der Waals surface area (Å²) >= 11 is 0. The maximum Gasteiger partial charge on any atom is 0.409 e. The van der Waals surface area contributed by atoms with E-state index in [0.717, 1.165) is 28.7 Å². The van der Waals surface area contributed by atoms with Gasteiger partial charge in [-0.1, -0.05) is 30.3 Å². The topological polar surface area (TPSA) is 147 Å². The van der Waals surface area contributed by atoms with Crippen molar-refractivity contribution in [1.29, 1.82) is 0 Å². The number of aliphatic hydroxyl groups is 1. The van der Waals surface area contributed by atoms with Crippen molar-refractivity contribution in [1.82, 2.24) is 29.6 Å². The van der Waals surface area contributed by atoms with Gasteiger partial charge in [-0.15, -0.1) is 0 Å². The Morgan fingerprint density at radius 2 is 1.75 bits per heavy atom. The molecule has 2 N–H and O–H groups in total. The number of hydrogen-bond acceptors (Lipinski definition) is 9. The number of nitrogens with zero attached hydrogens (tertiary/aromatic N) is 5. The third-order valence-corrected chi connectivity index (χ3v) is 10.2. The van der Waals surface area contributed by atoms with Crippen LogP contribution in [0.25, 0.3) is 11.3 Å². The quantitative estimate of drug-likeness (QED) is 0.176. The van der Waals surface area contributed by atoms with Crippen molar-refractivity contribution in [2.45, 2.75) is 44.6 Å². The highest BCUT2D eigenvalue weighted by Gasteiger charge is 2.42. The molecule has 3 aliphatic heterocycles. The van der Waals surface area contributed by atoms with E-state index in [-0.39, 0.29) is 76.3 Å². The number of piperidine rings is 1. The lowest BCUT2D eigenvalue weighted by Gasteiger charge is -2.42. The molecule has 4 atom stereocenters. The Morgan fingerprint density at radius 3 is 2.42 bits per heavy atom. The Labute approximate surface area is 316 Å². The molecule has 13 nitrogen and oxygen atoms in total. The predicted molar refractivity (Wildman–Crippen MR) is 193 cm³/mol. The minimum Gasteiger partial charge on any atom is -0.447 e. The largest absolute Gasteiger partial charge is 0.447 e. The molecule has 0 aliphatic carbocycles. The van der Waals surface area contributed by atoms with Crippen molar-refractivity contribution in [3.63, 3.8) is 0 Å². The van der Waals surface area contributed by atoms with E-state index in [4.69, 9.17) is 14.5 Å². The lowest BCUT2D eigenvalue weighted by molar-refractivity contribution is -0.145. The van der Waals surface area contributed by atoms with Crippen LogP contribution in [0.3, 0.4) is 0 Å². The highest BCUT2D eigenvalue weighted by atomic mass is 19.1. The molecule has 2 aromatic carbocycles. The van der Waals surface area contributed by atoms with Crippen LogP contribution in [0, 0.1) is 23.5 Å². The maximum atomic E-state index is 15.2. The van der Waals surface area contributed by atoms with Crippen LogP contribution in [0.2, 0.25) is 0 Å². The second kappa shape index (κ2) is 18.0. The standard InChI is InChI=1S/C39H45F3N6O7/c1-25(49)38(52)48(23-28-20-43-21-32(28)42)36(27-11-13-45(14-12-27)39(53)55-18-17-54-16-15-47-34(50)9-10-35(47)51)37-44-33(30-19-29(40)7-8-31(30)41)24-46(37)22-26-5-3-2-4-6-26/h2-10,19,24-25,27-28,32,36,43,49H,11-18,20-23H2,1H3/t25-,28-,32-,36+/m0/s1. The van der Waals surface area contributed by atoms with E-state index in [1.165, 1.54) is 28.9 Å². The van der Waals surface area contributed by atoms with E-state index in [0.29, 0.717) is 25.2 Å². The average Bonchev–Trinajstić information content (AvgIpc) is 3.88. The van der Waals surface area contributed by atoms with Crippen molar-refractivity contribution in [3.8, 4) is 11.3 Å². The van der Waals surface area contributed by atoms with E-state index in [1.807, 2.05) is 30.3 Å². The van der Waals surface area contributed by atoms with E-state index in [1.54, 1.807) is 10.8 Å². The minimum atomic E-state index is -1.43. The van der Waals surface area contributed by atoms with E-state index < -0.39 is 59.7 Å². The summed E-state index contributed by atoms with van der Waals surface area (Å²) in [4.78, 5) is 59.3. The second-order valence-electron chi connectivity index (χ2n) is 14.0. The van der Waals surface area contributed by atoms with Crippen LogP contribution in [-0.2, 0) is 30.4 Å². The molecule has 0 saturated carbocycles. The molecule has 294 valence electrons. The predicted octanol–water partition coefficient (Wildman–Crippen LogP) is 3.47.